The maximum Gasteiger partial charge on any atom is 0.261 e. The Hall–Kier alpha value is -2.45. The van der Waals surface area contributed by atoms with Crippen molar-refractivity contribution in [3.05, 3.63) is 51.6 Å². The van der Waals surface area contributed by atoms with Gasteiger partial charge in [-0.2, -0.15) is 0 Å². The molecular weight excluding hydrogens is 384 g/mol. The molecule has 1 aliphatic rings. The van der Waals surface area contributed by atoms with Gasteiger partial charge in [0.25, 0.3) is 5.91 Å². The Bertz CT molecular complexity index is 916. The quantitative estimate of drug-likeness (QED) is 0.708. The number of nitrogens with one attached hydrogen (secondary N) is 1. The molecule has 1 aliphatic heterocycles. The van der Waals surface area contributed by atoms with Crippen LogP contribution in [0.2, 0.25) is 4.34 Å². The molecule has 1 amide bonds. The molecule has 0 unspecified atom stereocenters. The SMILES string of the molecule is O=C(NCc1cn(-c2ccc(N3CCCCC3)nc2)nn1)c1ccc(Cl)s1. The van der Waals surface area contributed by atoms with Crippen LogP contribution in [0.4, 0.5) is 5.82 Å². The summed E-state index contributed by atoms with van der Waals surface area (Å²) >= 11 is 7.10. The maximum absolute atomic E-state index is 12.1. The van der Waals surface area contributed by atoms with Gasteiger partial charge in [0.15, 0.2) is 0 Å². The van der Waals surface area contributed by atoms with Crippen LogP contribution in [0.15, 0.2) is 36.7 Å². The van der Waals surface area contributed by atoms with Gasteiger partial charge in [-0.1, -0.05) is 16.8 Å². The number of piperidine rings is 1. The van der Waals surface area contributed by atoms with Crippen LogP contribution in [0.1, 0.15) is 34.6 Å². The number of thiophene rings is 1. The summed E-state index contributed by atoms with van der Waals surface area (Å²) in [5.41, 5.74) is 1.51. The molecule has 0 radical (unpaired) electrons. The highest BCUT2D eigenvalue weighted by Gasteiger charge is 2.13. The van der Waals surface area contributed by atoms with Gasteiger partial charge in [0.05, 0.1) is 33.8 Å². The molecule has 0 aromatic carbocycles. The average molecular weight is 403 g/mol. The fraction of sp³-hybridized carbons (Fsp3) is 0.333. The van der Waals surface area contributed by atoms with E-state index in [1.165, 1.54) is 30.6 Å². The number of carbonyl (C=O) groups excluding carboxylic acids is 1. The van der Waals surface area contributed by atoms with Crippen molar-refractivity contribution in [1.82, 2.24) is 25.3 Å². The second kappa shape index (κ2) is 8.06. The molecule has 1 saturated heterocycles. The number of hydrogen-bond acceptors (Lipinski definition) is 6. The Morgan fingerprint density at radius 1 is 1.19 bits per heavy atom. The van der Waals surface area contributed by atoms with Gasteiger partial charge in [-0.25, -0.2) is 9.67 Å². The molecule has 1 fully saturated rings. The monoisotopic (exact) mass is 402 g/mol. The maximum atomic E-state index is 12.1. The van der Waals surface area contributed by atoms with Gasteiger partial charge in [-0.3, -0.25) is 4.79 Å². The molecule has 7 nitrogen and oxygen atoms in total. The van der Waals surface area contributed by atoms with Crippen molar-refractivity contribution in [2.75, 3.05) is 18.0 Å². The van der Waals surface area contributed by atoms with E-state index in [4.69, 9.17) is 11.6 Å². The molecule has 27 heavy (non-hydrogen) atoms. The van der Waals surface area contributed by atoms with E-state index < -0.39 is 0 Å². The zero-order valence-corrected chi connectivity index (χ0v) is 16.2. The Morgan fingerprint density at radius 3 is 2.74 bits per heavy atom. The molecule has 1 N–H and O–H groups in total. The Balaban J connectivity index is 1.37. The molecule has 0 saturated carbocycles. The van der Waals surface area contributed by atoms with Gasteiger partial charge < -0.3 is 10.2 Å². The number of carbonyl (C=O) groups is 1. The van der Waals surface area contributed by atoms with Gasteiger partial charge in [0, 0.05) is 13.1 Å². The zero-order chi connectivity index (χ0) is 18.6. The van der Waals surface area contributed by atoms with E-state index in [2.05, 4.69) is 25.5 Å². The molecule has 0 spiro atoms. The summed E-state index contributed by atoms with van der Waals surface area (Å²) in [6, 6.07) is 7.42. The van der Waals surface area contributed by atoms with Crippen molar-refractivity contribution in [2.24, 2.45) is 0 Å². The third kappa shape index (κ3) is 4.28. The standard InChI is InChI=1S/C18H19ClN6OS/c19-16-6-5-15(27-16)18(26)21-10-13-12-25(23-22-13)14-4-7-17(20-11-14)24-8-2-1-3-9-24/h4-7,11-12H,1-3,8-10H2,(H,21,26). The predicted molar refractivity (Wildman–Crippen MR) is 106 cm³/mol. The summed E-state index contributed by atoms with van der Waals surface area (Å²) in [7, 11) is 0. The third-order valence-corrected chi connectivity index (χ3v) is 5.67. The number of amides is 1. The summed E-state index contributed by atoms with van der Waals surface area (Å²) in [5.74, 6) is 0.828. The lowest BCUT2D eigenvalue weighted by atomic mass is 10.1. The van der Waals surface area contributed by atoms with Gasteiger partial charge in [0.1, 0.15) is 11.5 Å². The van der Waals surface area contributed by atoms with Gasteiger partial charge in [-0.15, -0.1) is 16.4 Å². The third-order valence-electron chi connectivity index (χ3n) is 4.44. The minimum absolute atomic E-state index is 0.172. The molecule has 140 valence electrons. The number of halogens is 1. The average Bonchev–Trinajstić information content (AvgIpc) is 3.36. The second-order valence-electron chi connectivity index (χ2n) is 6.36. The molecule has 4 rings (SSSR count). The highest BCUT2D eigenvalue weighted by atomic mass is 35.5. The Morgan fingerprint density at radius 2 is 2.04 bits per heavy atom. The van der Waals surface area contributed by atoms with E-state index in [1.807, 2.05) is 12.1 Å². The first-order chi connectivity index (χ1) is 13.2. The predicted octanol–water partition coefficient (Wildman–Crippen LogP) is 3.30. The first-order valence-corrected chi connectivity index (χ1v) is 10.0. The lowest BCUT2D eigenvalue weighted by molar-refractivity contribution is 0.0954. The highest BCUT2D eigenvalue weighted by molar-refractivity contribution is 7.17. The molecule has 4 heterocycles. The van der Waals surface area contributed by atoms with Crippen LogP contribution in [-0.2, 0) is 6.54 Å². The summed E-state index contributed by atoms with van der Waals surface area (Å²) in [6.07, 6.45) is 7.33. The summed E-state index contributed by atoms with van der Waals surface area (Å²) < 4.78 is 2.25. The first-order valence-electron chi connectivity index (χ1n) is 8.85. The number of hydrogen-bond donors (Lipinski definition) is 1. The lowest BCUT2D eigenvalue weighted by Gasteiger charge is -2.27. The van der Waals surface area contributed by atoms with Crippen LogP contribution in [-0.4, -0.2) is 39.0 Å². The van der Waals surface area contributed by atoms with Crippen LogP contribution < -0.4 is 10.2 Å². The molecule has 3 aromatic rings. The van der Waals surface area contributed by atoms with Crippen LogP contribution in [0.3, 0.4) is 0 Å². The number of pyridine rings is 1. The second-order valence-corrected chi connectivity index (χ2v) is 8.08. The molecule has 0 aliphatic carbocycles. The number of aromatic nitrogens is 4. The topological polar surface area (TPSA) is 75.9 Å². The van der Waals surface area contributed by atoms with Crippen molar-refractivity contribution < 1.29 is 4.79 Å². The molecule has 9 heteroatoms. The smallest absolute Gasteiger partial charge is 0.261 e. The fourth-order valence-corrected chi connectivity index (χ4v) is 3.98. The largest absolute Gasteiger partial charge is 0.357 e. The number of nitrogens with zero attached hydrogens (tertiary/aromatic N) is 5. The number of anilines is 1. The van der Waals surface area contributed by atoms with E-state index in [9.17, 15) is 4.79 Å². The van der Waals surface area contributed by atoms with Crippen molar-refractivity contribution in [3.63, 3.8) is 0 Å². The van der Waals surface area contributed by atoms with Crippen LogP contribution in [0, 0.1) is 0 Å². The van der Waals surface area contributed by atoms with E-state index >= 15 is 0 Å². The van der Waals surface area contributed by atoms with Crippen LogP contribution in [0.5, 0.6) is 0 Å². The number of rotatable bonds is 5. The normalized spacial score (nSPS) is 14.3. The van der Waals surface area contributed by atoms with E-state index in [-0.39, 0.29) is 5.91 Å². The summed E-state index contributed by atoms with van der Waals surface area (Å²) in [6.45, 7) is 2.43. The summed E-state index contributed by atoms with van der Waals surface area (Å²) in [5, 5.41) is 11.1. The molecular formula is C18H19ClN6OS. The minimum Gasteiger partial charge on any atom is -0.357 e. The molecule has 0 atom stereocenters. The fourth-order valence-electron chi connectivity index (χ4n) is 3.02. The van der Waals surface area contributed by atoms with Gasteiger partial charge in [-0.05, 0) is 43.5 Å². The van der Waals surface area contributed by atoms with Crippen molar-refractivity contribution in [3.8, 4) is 5.69 Å². The van der Waals surface area contributed by atoms with E-state index in [0.717, 1.165) is 24.6 Å². The lowest BCUT2D eigenvalue weighted by Crippen LogP contribution is -2.30. The summed E-state index contributed by atoms with van der Waals surface area (Å²) in [4.78, 5) is 19.5. The van der Waals surface area contributed by atoms with Crippen LogP contribution in [0.25, 0.3) is 5.69 Å². The van der Waals surface area contributed by atoms with E-state index in [0.29, 0.717) is 21.5 Å². The zero-order valence-electron chi connectivity index (χ0n) is 14.6. The van der Waals surface area contributed by atoms with Gasteiger partial charge in [0.2, 0.25) is 0 Å². The minimum atomic E-state index is -0.172. The van der Waals surface area contributed by atoms with Crippen LogP contribution >= 0.6 is 22.9 Å². The highest BCUT2D eigenvalue weighted by Crippen LogP contribution is 2.21. The first kappa shape index (κ1) is 17.9. The Kier molecular flexibility index (Phi) is 5.35. The van der Waals surface area contributed by atoms with Crippen molar-refractivity contribution >= 4 is 34.7 Å². The van der Waals surface area contributed by atoms with E-state index in [1.54, 1.807) is 29.2 Å². The Labute approximate surface area is 166 Å². The van der Waals surface area contributed by atoms with Crippen molar-refractivity contribution in [1.29, 1.82) is 0 Å². The van der Waals surface area contributed by atoms with Crippen molar-refractivity contribution in [2.45, 2.75) is 25.8 Å². The molecule has 3 aromatic heterocycles. The van der Waals surface area contributed by atoms with Gasteiger partial charge >= 0.3 is 0 Å². The molecule has 0 bridgehead atoms.